The number of carbonyl (C=O) groups is 1. The Morgan fingerprint density at radius 2 is 1.91 bits per heavy atom. The van der Waals surface area contributed by atoms with E-state index in [0.717, 1.165) is 65.1 Å². The molecule has 0 saturated carbocycles. The third-order valence-electron chi connectivity index (χ3n) is 6.74. The number of rotatable bonds is 3. The van der Waals surface area contributed by atoms with Gasteiger partial charge in [0.25, 0.3) is 0 Å². The molecule has 2 N–H and O–H groups in total. The number of nitrogens with one attached hydrogen (secondary N) is 2. The molecule has 3 aromatic heterocycles. The molecule has 0 bridgehead atoms. The summed E-state index contributed by atoms with van der Waals surface area (Å²) in [5.41, 5.74) is 7.68. The molecule has 2 aliphatic rings. The maximum absolute atomic E-state index is 12.9. The zero-order valence-corrected chi connectivity index (χ0v) is 18.9. The van der Waals surface area contributed by atoms with Gasteiger partial charge in [0.05, 0.1) is 16.6 Å². The predicted molar refractivity (Wildman–Crippen MR) is 132 cm³/mol. The number of aromatic amines is 2. The Balaban J connectivity index is 1.37. The van der Waals surface area contributed by atoms with Crippen LogP contribution in [0.1, 0.15) is 23.5 Å². The van der Waals surface area contributed by atoms with Gasteiger partial charge >= 0.3 is 0 Å². The van der Waals surface area contributed by atoms with E-state index < -0.39 is 0 Å². The molecule has 0 amide bonds. The first-order valence-electron chi connectivity index (χ1n) is 11.4. The van der Waals surface area contributed by atoms with Crippen LogP contribution in [0, 0.1) is 6.92 Å². The molecule has 33 heavy (non-hydrogen) atoms. The van der Waals surface area contributed by atoms with Crippen molar-refractivity contribution in [1.29, 1.82) is 0 Å². The Hall–Kier alpha value is -3.71. The lowest BCUT2D eigenvalue weighted by atomic mass is 9.92. The number of aromatic nitrogens is 4. The number of anilines is 1. The maximum atomic E-state index is 12.9. The van der Waals surface area contributed by atoms with Crippen molar-refractivity contribution in [3.63, 3.8) is 0 Å². The Morgan fingerprint density at radius 1 is 1.06 bits per heavy atom. The van der Waals surface area contributed by atoms with Gasteiger partial charge in [-0.1, -0.05) is 6.08 Å². The molecule has 1 aliphatic heterocycles. The molecular formula is C26H26N6O. The summed E-state index contributed by atoms with van der Waals surface area (Å²) in [7, 11) is 2.16. The van der Waals surface area contributed by atoms with Crippen molar-refractivity contribution in [2.75, 3.05) is 38.1 Å². The molecule has 4 aromatic rings. The molecular weight excluding hydrogens is 412 g/mol. The summed E-state index contributed by atoms with van der Waals surface area (Å²) >= 11 is 0. The summed E-state index contributed by atoms with van der Waals surface area (Å²) in [4.78, 5) is 33.6. The number of ketones is 1. The lowest BCUT2D eigenvalue weighted by molar-refractivity contribution is -0.113. The fourth-order valence-corrected chi connectivity index (χ4v) is 4.89. The first-order chi connectivity index (χ1) is 16.1. The molecule has 1 aliphatic carbocycles. The third-order valence-corrected chi connectivity index (χ3v) is 6.74. The molecule has 0 spiro atoms. The van der Waals surface area contributed by atoms with E-state index in [1.807, 2.05) is 31.2 Å². The number of carbonyl (C=O) groups excluding carboxylic acids is 1. The first kappa shape index (κ1) is 19.9. The number of nitrogens with zero attached hydrogens (tertiary/aromatic N) is 4. The maximum Gasteiger partial charge on any atom is 0.170 e. The summed E-state index contributed by atoms with van der Waals surface area (Å²) in [6.45, 7) is 6.19. The van der Waals surface area contributed by atoms with E-state index in [4.69, 9.17) is 4.98 Å². The quantitative estimate of drug-likeness (QED) is 0.506. The van der Waals surface area contributed by atoms with Gasteiger partial charge in [0.15, 0.2) is 5.78 Å². The number of allylic oxidation sites excluding steroid dienone is 4. The molecule has 7 heteroatoms. The van der Waals surface area contributed by atoms with Crippen LogP contribution < -0.4 is 4.90 Å². The average molecular weight is 439 g/mol. The van der Waals surface area contributed by atoms with Gasteiger partial charge in [-0.25, -0.2) is 9.97 Å². The Kier molecular flexibility index (Phi) is 4.66. The molecule has 1 aromatic carbocycles. The van der Waals surface area contributed by atoms with Crippen LogP contribution in [0.15, 0.2) is 48.7 Å². The van der Waals surface area contributed by atoms with Crippen LogP contribution in [0.3, 0.4) is 0 Å². The van der Waals surface area contributed by atoms with Crippen LogP contribution >= 0.6 is 0 Å². The van der Waals surface area contributed by atoms with Crippen molar-refractivity contribution < 1.29 is 4.79 Å². The van der Waals surface area contributed by atoms with Crippen LogP contribution in [-0.4, -0.2) is 63.8 Å². The van der Waals surface area contributed by atoms with Gasteiger partial charge in [0.1, 0.15) is 11.5 Å². The van der Waals surface area contributed by atoms with Crippen molar-refractivity contribution >= 4 is 44.7 Å². The lowest BCUT2D eigenvalue weighted by Gasteiger charge is -2.34. The largest absolute Gasteiger partial charge is 0.369 e. The van der Waals surface area contributed by atoms with Crippen molar-refractivity contribution in [1.82, 2.24) is 24.8 Å². The molecule has 0 atom stereocenters. The van der Waals surface area contributed by atoms with Crippen LogP contribution in [0.4, 0.5) is 5.69 Å². The Bertz CT molecular complexity index is 1450. The number of piperazine rings is 1. The van der Waals surface area contributed by atoms with Gasteiger partial charge in [-0.05, 0) is 56.0 Å². The number of Topliss-reactive ketones (excluding diaryl/α,β-unsaturated/α-hetero) is 1. The molecule has 4 heterocycles. The zero-order chi connectivity index (χ0) is 22.5. The van der Waals surface area contributed by atoms with E-state index >= 15 is 0 Å². The van der Waals surface area contributed by atoms with Crippen molar-refractivity contribution in [2.45, 2.75) is 13.3 Å². The second kappa shape index (κ2) is 7.71. The number of aryl methyl sites for hydroxylation is 1. The van der Waals surface area contributed by atoms with Gasteiger partial charge < -0.3 is 19.8 Å². The number of imidazole rings is 1. The molecule has 0 unspecified atom stereocenters. The molecule has 166 valence electrons. The first-order valence-corrected chi connectivity index (χ1v) is 11.4. The SMILES string of the molecule is Cc1[nH]c2ncccc2c1C1=CCC(=O)C(c2nc3ccc(N4CCN(C)CC4)cc3[nH]2)=C1. The fraction of sp³-hybridized carbons (Fsp3) is 0.269. The average Bonchev–Trinajstić information content (AvgIpc) is 3.39. The molecule has 1 fully saturated rings. The van der Waals surface area contributed by atoms with E-state index in [1.54, 1.807) is 6.20 Å². The molecule has 7 nitrogen and oxygen atoms in total. The van der Waals surface area contributed by atoms with E-state index in [2.05, 4.69) is 50.0 Å². The second-order valence-electron chi connectivity index (χ2n) is 8.95. The minimum absolute atomic E-state index is 0.0766. The Morgan fingerprint density at radius 3 is 2.76 bits per heavy atom. The number of benzene rings is 1. The van der Waals surface area contributed by atoms with Crippen LogP contribution in [0.5, 0.6) is 0 Å². The number of pyridine rings is 1. The van der Waals surface area contributed by atoms with Crippen molar-refractivity contribution in [3.05, 3.63) is 65.8 Å². The van der Waals surface area contributed by atoms with Crippen molar-refractivity contribution in [2.24, 2.45) is 0 Å². The summed E-state index contributed by atoms with van der Waals surface area (Å²) < 4.78 is 0. The predicted octanol–water partition coefficient (Wildman–Crippen LogP) is 3.94. The fourth-order valence-electron chi connectivity index (χ4n) is 4.89. The zero-order valence-electron chi connectivity index (χ0n) is 18.9. The highest BCUT2D eigenvalue weighted by Gasteiger charge is 2.23. The minimum atomic E-state index is 0.0766. The van der Waals surface area contributed by atoms with Crippen molar-refractivity contribution in [3.8, 4) is 0 Å². The van der Waals surface area contributed by atoms with Gasteiger partial charge in [-0.2, -0.15) is 0 Å². The highest BCUT2D eigenvalue weighted by molar-refractivity contribution is 6.25. The molecule has 0 radical (unpaired) electrons. The normalized spacial score (nSPS) is 17.6. The minimum Gasteiger partial charge on any atom is -0.369 e. The summed E-state index contributed by atoms with van der Waals surface area (Å²) in [6, 6.07) is 10.3. The molecule has 1 saturated heterocycles. The standard InChI is InChI=1S/C26H26N6O/c1-16-24(19-4-3-9-27-25(19)28-16)17-5-8-23(33)20(14-17)26-29-21-7-6-18(15-22(21)30-26)32-12-10-31(2)11-13-32/h3-7,9,14-15H,8,10-13H2,1-2H3,(H,27,28)(H,29,30). The second-order valence-corrected chi connectivity index (χ2v) is 8.95. The molecule has 6 rings (SSSR count). The summed E-state index contributed by atoms with van der Waals surface area (Å²) in [5, 5.41) is 1.06. The smallest absolute Gasteiger partial charge is 0.170 e. The third kappa shape index (κ3) is 3.45. The summed E-state index contributed by atoms with van der Waals surface area (Å²) in [6.07, 6.45) is 6.11. The van der Waals surface area contributed by atoms with Gasteiger partial charge in [-0.3, -0.25) is 4.79 Å². The number of likely N-dealkylation sites (N-methyl/N-ethyl adjacent to an activating group) is 1. The summed E-state index contributed by atoms with van der Waals surface area (Å²) in [5.74, 6) is 0.708. The number of hydrogen-bond donors (Lipinski definition) is 2. The van der Waals surface area contributed by atoms with Crippen LogP contribution in [-0.2, 0) is 4.79 Å². The van der Waals surface area contributed by atoms with E-state index in [0.29, 0.717) is 17.8 Å². The number of H-pyrrole nitrogens is 2. The van der Waals surface area contributed by atoms with E-state index in [9.17, 15) is 4.79 Å². The van der Waals surface area contributed by atoms with E-state index in [1.165, 1.54) is 5.69 Å². The number of hydrogen-bond acceptors (Lipinski definition) is 5. The van der Waals surface area contributed by atoms with Crippen LogP contribution in [0.25, 0.3) is 33.2 Å². The van der Waals surface area contributed by atoms with Crippen LogP contribution in [0.2, 0.25) is 0 Å². The monoisotopic (exact) mass is 438 g/mol. The van der Waals surface area contributed by atoms with Gasteiger partial charge in [-0.15, -0.1) is 0 Å². The van der Waals surface area contributed by atoms with Gasteiger partial charge in [0.2, 0.25) is 0 Å². The van der Waals surface area contributed by atoms with E-state index in [-0.39, 0.29) is 5.78 Å². The number of fused-ring (bicyclic) bond motifs is 2. The Labute approximate surface area is 191 Å². The lowest BCUT2D eigenvalue weighted by Crippen LogP contribution is -2.44. The highest BCUT2D eigenvalue weighted by atomic mass is 16.1. The highest BCUT2D eigenvalue weighted by Crippen LogP contribution is 2.34. The van der Waals surface area contributed by atoms with Gasteiger partial charge in [0, 0.05) is 61.1 Å². The topological polar surface area (TPSA) is 80.9 Å².